The quantitative estimate of drug-likeness (QED) is 0.459. The van der Waals surface area contributed by atoms with Crippen LogP contribution in [0.1, 0.15) is 29.9 Å². The smallest absolute Gasteiger partial charge is 0.354 e. The Labute approximate surface area is 195 Å². The van der Waals surface area contributed by atoms with Gasteiger partial charge >= 0.3 is 6.18 Å². The maximum atomic E-state index is 13.8. The van der Waals surface area contributed by atoms with E-state index in [1.807, 2.05) is 30.3 Å². The standard InChI is InChI=1S/C24H24F3N5S/c25-24(26,27)19-10-11-20(29-23(19)18-5-2-1-4-17(18)16-8-9-16)31-33-22-7-3-6-21(30-22)32-14-12-28-13-15-32/h1-7,10-11,16,28H,8-9,12-15H2,(H,29,31). The van der Waals surface area contributed by atoms with Crippen LogP contribution in [0.25, 0.3) is 11.3 Å². The lowest BCUT2D eigenvalue weighted by Crippen LogP contribution is -2.43. The maximum absolute atomic E-state index is 13.8. The van der Waals surface area contributed by atoms with Gasteiger partial charge in [-0.2, -0.15) is 13.2 Å². The topological polar surface area (TPSA) is 53.1 Å². The summed E-state index contributed by atoms with van der Waals surface area (Å²) in [6.45, 7) is 3.60. The second kappa shape index (κ2) is 9.23. The molecule has 1 saturated carbocycles. The molecule has 0 spiro atoms. The highest BCUT2D eigenvalue weighted by molar-refractivity contribution is 8.00. The molecule has 5 rings (SSSR count). The second-order valence-corrected chi connectivity index (χ2v) is 9.05. The average molecular weight is 472 g/mol. The lowest BCUT2D eigenvalue weighted by molar-refractivity contribution is -0.137. The van der Waals surface area contributed by atoms with Crippen LogP contribution in [0.15, 0.2) is 59.6 Å². The monoisotopic (exact) mass is 471 g/mol. The molecule has 0 atom stereocenters. The van der Waals surface area contributed by atoms with Crippen LogP contribution >= 0.6 is 11.9 Å². The Kier molecular flexibility index (Phi) is 6.16. The summed E-state index contributed by atoms with van der Waals surface area (Å²) in [5.74, 6) is 1.57. The molecule has 2 aromatic heterocycles. The molecule has 33 heavy (non-hydrogen) atoms. The van der Waals surface area contributed by atoms with Gasteiger partial charge < -0.3 is 14.9 Å². The van der Waals surface area contributed by atoms with Gasteiger partial charge in [0.15, 0.2) is 0 Å². The summed E-state index contributed by atoms with van der Waals surface area (Å²) < 4.78 is 44.5. The minimum Gasteiger partial charge on any atom is -0.354 e. The third kappa shape index (κ3) is 5.09. The molecule has 0 unspecified atom stereocenters. The molecule has 2 N–H and O–H groups in total. The number of aromatic nitrogens is 2. The van der Waals surface area contributed by atoms with Crippen molar-refractivity contribution in [1.82, 2.24) is 15.3 Å². The molecule has 1 aliphatic carbocycles. The Morgan fingerprint density at radius 1 is 0.939 bits per heavy atom. The van der Waals surface area contributed by atoms with E-state index in [0.717, 1.165) is 61.5 Å². The highest BCUT2D eigenvalue weighted by Crippen LogP contribution is 2.46. The van der Waals surface area contributed by atoms with Crippen molar-refractivity contribution >= 4 is 23.6 Å². The molecule has 0 amide bonds. The molecule has 9 heteroatoms. The number of pyridine rings is 2. The van der Waals surface area contributed by atoms with Crippen LogP contribution in [0.5, 0.6) is 0 Å². The molecule has 1 aromatic carbocycles. The number of hydrogen-bond donors (Lipinski definition) is 2. The first-order valence-electron chi connectivity index (χ1n) is 11.0. The minimum atomic E-state index is -4.48. The van der Waals surface area contributed by atoms with Gasteiger partial charge in [0.25, 0.3) is 0 Å². The summed E-state index contributed by atoms with van der Waals surface area (Å²) in [6.07, 6.45) is -2.48. The van der Waals surface area contributed by atoms with Gasteiger partial charge in [-0.1, -0.05) is 30.3 Å². The van der Waals surface area contributed by atoms with Gasteiger partial charge in [-0.05, 0) is 48.6 Å². The van der Waals surface area contributed by atoms with E-state index in [9.17, 15) is 13.2 Å². The molecule has 1 aliphatic heterocycles. The van der Waals surface area contributed by atoms with E-state index < -0.39 is 11.7 Å². The predicted molar refractivity (Wildman–Crippen MR) is 125 cm³/mol. The van der Waals surface area contributed by atoms with Gasteiger partial charge in [-0.3, -0.25) is 0 Å². The third-order valence-corrected chi connectivity index (χ3v) is 6.59. The lowest BCUT2D eigenvalue weighted by Gasteiger charge is -2.28. The van der Waals surface area contributed by atoms with Crippen molar-refractivity contribution in [2.45, 2.75) is 30.0 Å². The molecule has 3 aromatic rings. The molecule has 2 aliphatic rings. The first-order valence-corrected chi connectivity index (χ1v) is 11.8. The van der Waals surface area contributed by atoms with Crippen molar-refractivity contribution in [3.05, 3.63) is 65.7 Å². The van der Waals surface area contributed by atoms with Gasteiger partial charge in [0, 0.05) is 43.7 Å². The van der Waals surface area contributed by atoms with E-state index in [2.05, 4.69) is 24.9 Å². The zero-order chi connectivity index (χ0) is 22.8. The summed E-state index contributed by atoms with van der Waals surface area (Å²) >= 11 is 1.24. The Morgan fingerprint density at radius 3 is 2.48 bits per heavy atom. The van der Waals surface area contributed by atoms with E-state index in [-0.39, 0.29) is 5.69 Å². The Morgan fingerprint density at radius 2 is 1.73 bits per heavy atom. The number of hydrogen-bond acceptors (Lipinski definition) is 6. The molecule has 3 heterocycles. The molecule has 0 bridgehead atoms. The van der Waals surface area contributed by atoms with Crippen LogP contribution in [0.2, 0.25) is 0 Å². The number of nitrogens with one attached hydrogen (secondary N) is 2. The zero-order valence-electron chi connectivity index (χ0n) is 17.9. The number of benzene rings is 1. The van der Waals surface area contributed by atoms with Crippen molar-refractivity contribution in [1.29, 1.82) is 0 Å². The Balaban J connectivity index is 1.40. The van der Waals surface area contributed by atoms with Gasteiger partial charge in [0.05, 0.1) is 11.3 Å². The SMILES string of the molecule is FC(F)(F)c1ccc(NSc2cccc(N3CCNCC3)n2)nc1-c1ccccc1C1CC1. The van der Waals surface area contributed by atoms with Crippen molar-refractivity contribution in [3.8, 4) is 11.3 Å². The summed E-state index contributed by atoms with van der Waals surface area (Å²) in [6, 6.07) is 15.6. The number of rotatable bonds is 6. The second-order valence-electron chi connectivity index (χ2n) is 8.23. The number of halogens is 3. The summed E-state index contributed by atoms with van der Waals surface area (Å²) in [5.41, 5.74) is 0.744. The predicted octanol–water partition coefficient (Wildman–Crippen LogP) is 5.57. The van der Waals surface area contributed by atoms with E-state index >= 15 is 0 Å². The molecule has 0 radical (unpaired) electrons. The van der Waals surface area contributed by atoms with Crippen molar-refractivity contribution < 1.29 is 13.2 Å². The lowest BCUT2D eigenvalue weighted by atomic mass is 9.97. The number of alkyl halides is 3. The molecule has 2 fully saturated rings. The third-order valence-electron chi connectivity index (χ3n) is 5.84. The fourth-order valence-corrected chi connectivity index (χ4v) is 4.66. The summed E-state index contributed by atoms with van der Waals surface area (Å²) in [4.78, 5) is 11.3. The van der Waals surface area contributed by atoms with Crippen LogP contribution in [0.4, 0.5) is 24.8 Å². The van der Waals surface area contributed by atoms with Gasteiger partial charge in [-0.15, -0.1) is 0 Å². The summed E-state index contributed by atoms with van der Waals surface area (Å²) in [5, 5.41) is 4.05. The fraction of sp³-hybridized carbons (Fsp3) is 0.333. The van der Waals surface area contributed by atoms with E-state index in [1.54, 1.807) is 12.1 Å². The summed E-state index contributed by atoms with van der Waals surface area (Å²) in [7, 11) is 0. The van der Waals surface area contributed by atoms with Gasteiger partial charge in [0.1, 0.15) is 16.7 Å². The van der Waals surface area contributed by atoms with Crippen molar-refractivity contribution in [2.75, 3.05) is 35.8 Å². The average Bonchev–Trinajstić information content (AvgIpc) is 3.68. The Bertz CT molecular complexity index is 1130. The van der Waals surface area contributed by atoms with Gasteiger partial charge in [-0.25, -0.2) is 9.97 Å². The fourth-order valence-electron chi connectivity index (χ4n) is 4.05. The molecular formula is C24H24F3N5S. The van der Waals surface area contributed by atoms with Crippen LogP contribution in [0, 0.1) is 0 Å². The van der Waals surface area contributed by atoms with E-state index in [0.29, 0.717) is 17.3 Å². The van der Waals surface area contributed by atoms with Crippen LogP contribution in [0.3, 0.4) is 0 Å². The number of piperazine rings is 1. The van der Waals surface area contributed by atoms with Crippen molar-refractivity contribution in [2.24, 2.45) is 0 Å². The van der Waals surface area contributed by atoms with E-state index in [1.165, 1.54) is 18.0 Å². The first-order chi connectivity index (χ1) is 16.0. The van der Waals surface area contributed by atoms with Gasteiger partial charge in [0.2, 0.25) is 0 Å². The number of anilines is 2. The molecular weight excluding hydrogens is 447 g/mol. The Hall–Kier alpha value is -2.78. The normalized spacial score (nSPS) is 16.6. The maximum Gasteiger partial charge on any atom is 0.418 e. The van der Waals surface area contributed by atoms with Crippen molar-refractivity contribution in [3.63, 3.8) is 0 Å². The first kappa shape index (κ1) is 22.0. The molecule has 1 saturated heterocycles. The highest BCUT2D eigenvalue weighted by Gasteiger charge is 2.36. The zero-order valence-corrected chi connectivity index (χ0v) is 18.7. The molecule has 172 valence electrons. The molecule has 5 nitrogen and oxygen atoms in total. The van der Waals surface area contributed by atoms with Crippen LogP contribution in [-0.2, 0) is 6.18 Å². The van der Waals surface area contributed by atoms with E-state index in [4.69, 9.17) is 0 Å². The largest absolute Gasteiger partial charge is 0.418 e. The van der Waals surface area contributed by atoms with Crippen LogP contribution in [-0.4, -0.2) is 36.1 Å². The van der Waals surface area contributed by atoms with Crippen LogP contribution < -0.4 is 14.9 Å². The highest BCUT2D eigenvalue weighted by atomic mass is 32.2. The minimum absolute atomic E-state index is 0.0295. The number of nitrogens with zero attached hydrogens (tertiary/aromatic N) is 3.